The van der Waals surface area contributed by atoms with Crippen LogP contribution in [0.3, 0.4) is 0 Å². The molecule has 0 unspecified atom stereocenters. The van der Waals surface area contributed by atoms with Crippen molar-refractivity contribution < 1.29 is 14.3 Å². The maximum Gasteiger partial charge on any atom is 0.321 e. The van der Waals surface area contributed by atoms with E-state index in [1.54, 1.807) is 11.1 Å². The molecular weight excluding hydrogens is 392 g/mol. The number of nitrogens with zero attached hydrogens (tertiary/aromatic N) is 3. The van der Waals surface area contributed by atoms with Crippen LogP contribution in [-0.2, 0) is 4.79 Å². The van der Waals surface area contributed by atoms with Crippen molar-refractivity contribution in [1.82, 2.24) is 14.8 Å². The highest BCUT2D eigenvalue weighted by atomic mass is 16.5. The van der Waals surface area contributed by atoms with Crippen molar-refractivity contribution in [3.8, 4) is 5.75 Å². The Bertz CT molecular complexity index is 924. The largest absolute Gasteiger partial charge is 0.489 e. The molecule has 1 N–H and O–H groups in total. The SMILES string of the molecule is O=C(CC1CC1)N1CC[C@@H](Oc2ccc(NC(=O)N3CC(c4cccnc4)C3)cc2)C1. The molecule has 162 valence electrons. The van der Waals surface area contributed by atoms with Gasteiger partial charge in [-0.25, -0.2) is 4.79 Å². The molecule has 3 fully saturated rings. The molecule has 3 aliphatic rings. The summed E-state index contributed by atoms with van der Waals surface area (Å²) >= 11 is 0. The highest BCUT2D eigenvalue weighted by Gasteiger charge is 2.33. The maximum absolute atomic E-state index is 12.4. The van der Waals surface area contributed by atoms with Gasteiger partial charge in [0, 0.05) is 56.5 Å². The lowest BCUT2D eigenvalue weighted by molar-refractivity contribution is -0.130. The molecule has 2 aromatic rings. The van der Waals surface area contributed by atoms with E-state index in [1.165, 1.54) is 18.4 Å². The topological polar surface area (TPSA) is 74.8 Å². The van der Waals surface area contributed by atoms with Crippen LogP contribution in [-0.4, -0.2) is 59.0 Å². The van der Waals surface area contributed by atoms with E-state index >= 15 is 0 Å². The first kappa shape index (κ1) is 19.8. The van der Waals surface area contributed by atoms with Gasteiger partial charge in [0.1, 0.15) is 11.9 Å². The summed E-state index contributed by atoms with van der Waals surface area (Å²) in [4.78, 5) is 32.6. The molecule has 1 aromatic carbocycles. The predicted molar refractivity (Wildman–Crippen MR) is 117 cm³/mol. The fourth-order valence-electron chi connectivity index (χ4n) is 4.23. The Balaban J connectivity index is 1.07. The summed E-state index contributed by atoms with van der Waals surface area (Å²) in [5.41, 5.74) is 1.92. The summed E-state index contributed by atoms with van der Waals surface area (Å²) in [6, 6.07) is 11.4. The number of likely N-dealkylation sites (tertiary alicyclic amines) is 2. The average Bonchev–Trinajstić information content (AvgIpc) is 3.43. The Kier molecular flexibility index (Phi) is 5.49. The summed E-state index contributed by atoms with van der Waals surface area (Å²) in [7, 11) is 0. The molecule has 0 radical (unpaired) electrons. The minimum atomic E-state index is -0.0885. The number of carbonyl (C=O) groups is 2. The average molecular weight is 421 g/mol. The number of benzene rings is 1. The van der Waals surface area contributed by atoms with Gasteiger partial charge >= 0.3 is 6.03 Å². The van der Waals surface area contributed by atoms with Crippen LogP contribution in [0.15, 0.2) is 48.8 Å². The number of hydrogen-bond donors (Lipinski definition) is 1. The number of pyridine rings is 1. The Hall–Kier alpha value is -3.09. The monoisotopic (exact) mass is 420 g/mol. The van der Waals surface area contributed by atoms with Gasteiger partial charge in [0.05, 0.1) is 6.54 Å². The van der Waals surface area contributed by atoms with Gasteiger partial charge < -0.3 is 19.9 Å². The van der Waals surface area contributed by atoms with E-state index in [-0.39, 0.29) is 18.0 Å². The molecule has 1 saturated carbocycles. The first-order chi connectivity index (χ1) is 15.1. The number of anilines is 1. The molecule has 1 aromatic heterocycles. The molecule has 5 rings (SSSR count). The number of urea groups is 1. The number of nitrogens with one attached hydrogen (secondary N) is 1. The number of amides is 3. The van der Waals surface area contributed by atoms with Crippen LogP contribution in [0, 0.1) is 5.92 Å². The first-order valence-electron chi connectivity index (χ1n) is 11.1. The molecular formula is C24H28N4O3. The zero-order valence-electron chi connectivity index (χ0n) is 17.6. The normalized spacial score (nSPS) is 21.0. The summed E-state index contributed by atoms with van der Waals surface area (Å²) in [6.07, 6.45) is 7.62. The van der Waals surface area contributed by atoms with E-state index in [1.807, 2.05) is 41.4 Å². The van der Waals surface area contributed by atoms with Crippen molar-refractivity contribution in [1.29, 1.82) is 0 Å². The van der Waals surface area contributed by atoms with Gasteiger partial charge in [-0.1, -0.05) is 6.07 Å². The fourth-order valence-corrected chi connectivity index (χ4v) is 4.23. The highest BCUT2D eigenvalue weighted by molar-refractivity contribution is 5.90. The molecule has 1 atom stereocenters. The molecule has 0 bridgehead atoms. The Labute approximate surface area is 182 Å². The lowest BCUT2D eigenvalue weighted by Crippen LogP contribution is -2.50. The quantitative estimate of drug-likeness (QED) is 0.776. The van der Waals surface area contributed by atoms with Crippen molar-refractivity contribution in [2.45, 2.75) is 37.7 Å². The van der Waals surface area contributed by atoms with Crippen LogP contribution in [0.25, 0.3) is 0 Å². The van der Waals surface area contributed by atoms with E-state index in [9.17, 15) is 9.59 Å². The Morgan fingerprint density at radius 2 is 1.84 bits per heavy atom. The standard InChI is InChI=1S/C24H28N4O3/c29-23(12-17-3-4-17)27-11-9-22(16-27)31-21-7-5-20(6-8-21)26-24(30)28-14-19(15-28)18-2-1-10-25-13-18/h1-2,5-8,10,13,17,19,22H,3-4,9,11-12,14-16H2,(H,26,30)/t22-/m1/s1. The molecule has 2 saturated heterocycles. The third-order valence-corrected chi connectivity index (χ3v) is 6.39. The molecule has 3 heterocycles. The second-order valence-electron chi connectivity index (χ2n) is 8.86. The van der Waals surface area contributed by atoms with Crippen molar-refractivity contribution in [2.24, 2.45) is 5.92 Å². The van der Waals surface area contributed by atoms with Crippen LogP contribution >= 0.6 is 0 Å². The van der Waals surface area contributed by atoms with Crippen LogP contribution in [0.1, 0.15) is 37.2 Å². The Morgan fingerprint density at radius 3 is 2.55 bits per heavy atom. The Morgan fingerprint density at radius 1 is 1.03 bits per heavy atom. The highest BCUT2D eigenvalue weighted by Crippen LogP contribution is 2.33. The van der Waals surface area contributed by atoms with E-state index in [0.29, 0.717) is 37.9 Å². The third kappa shape index (κ3) is 4.81. The molecule has 31 heavy (non-hydrogen) atoms. The van der Waals surface area contributed by atoms with Crippen LogP contribution in [0.4, 0.5) is 10.5 Å². The summed E-state index contributed by atoms with van der Waals surface area (Å²) in [5, 5.41) is 2.95. The van der Waals surface area contributed by atoms with Gasteiger partial charge in [-0.3, -0.25) is 9.78 Å². The van der Waals surface area contributed by atoms with Crippen LogP contribution < -0.4 is 10.1 Å². The van der Waals surface area contributed by atoms with Crippen molar-refractivity contribution in [3.63, 3.8) is 0 Å². The van der Waals surface area contributed by atoms with E-state index < -0.39 is 0 Å². The molecule has 7 heteroatoms. The molecule has 3 amide bonds. The number of hydrogen-bond acceptors (Lipinski definition) is 4. The summed E-state index contributed by atoms with van der Waals surface area (Å²) < 4.78 is 6.06. The first-order valence-corrected chi connectivity index (χ1v) is 11.1. The zero-order valence-corrected chi connectivity index (χ0v) is 17.6. The lowest BCUT2D eigenvalue weighted by Gasteiger charge is -2.39. The zero-order chi connectivity index (χ0) is 21.2. The molecule has 1 aliphatic carbocycles. The second kappa shape index (κ2) is 8.57. The predicted octanol–water partition coefficient (Wildman–Crippen LogP) is 3.49. The molecule has 0 spiro atoms. The second-order valence-corrected chi connectivity index (χ2v) is 8.86. The van der Waals surface area contributed by atoms with Crippen molar-refractivity contribution in [3.05, 3.63) is 54.4 Å². The van der Waals surface area contributed by atoms with Crippen molar-refractivity contribution in [2.75, 3.05) is 31.5 Å². The minimum absolute atomic E-state index is 0.0362. The summed E-state index contributed by atoms with van der Waals surface area (Å²) in [6.45, 7) is 2.85. The maximum atomic E-state index is 12.4. The van der Waals surface area contributed by atoms with E-state index in [2.05, 4.69) is 16.4 Å². The number of carbonyl (C=O) groups excluding carboxylic acids is 2. The number of ether oxygens (including phenoxy) is 1. The third-order valence-electron chi connectivity index (χ3n) is 6.39. The van der Waals surface area contributed by atoms with Gasteiger partial charge in [-0.2, -0.15) is 0 Å². The number of rotatable bonds is 6. The van der Waals surface area contributed by atoms with Crippen molar-refractivity contribution >= 4 is 17.6 Å². The van der Waals surface area contributed by atoms with Gasteiger partial charge in [0.2, 0.25) is 5.91 Å². The fraction of sp³-hybridized carbons (Fsp3) is 0.458. The molecule has 2 aliphatic heterocycles. The van der Waals surface area contributed by atoms with Gasteiger partial charge in [0.25, 0.3) is 0 Å². The molecule has 7 nitrogen and oxygen atoms in total. The summed E-state index contributed by atoms with van der Waals surface area (Å²) in [5.74, 6) is 2.01. The minimum Gasteiger partial charge on any atom is -0.489 e. The number of aromatic nitrogens is 1. The van der Waals surface area contributed by atoms with Crippen LogP contribution in [0.2, 0.25) is 0 Å². The van der Waals surface area contributed by atoms with E-state index in [4.69, 9.17) is 4.74 Å². The van der Waals surface area contributed by atoms with Gasteiger partial charge in [-0.15, -0.1) is 0 Å². The lowest BCUT2D eigenvalue weighted by atomic mass is 9.93. The van der Waals surface area contributed by atoms with Gasteiger partial charge in [0.15, 0.2) is 0 Å². The smallest absolute Gasteiger partial charge is 0.321 e. The van der Waals surface area contributed by atoms with Gasteiger partial charge in [-0.05, 0) is 54.7 Å². The van der Waals surface area contributed by atoms with E-state index in [0.717, 1.165) is 24.4 Å². The van der Waals surface area contributed by atoms with Crippen LogP contribution in [0.5, 0.6) is 5.75 Å².